The van der Waals surface area contributed by atoms with Crippen LogP contribution in [-0.4, -0.2) is 11.6 Å². The highest BCUT2D eigenvalue weighted by molar-refractivity contribution is 5.97. The minimum absolute atomic E-state index is 0.0925. The molecule has 4 heteroatoms. The summed E-state index contributed by atoms with van der Waals surface area (Å²) in [6.45, 7) is 3.01. The summed E-state index contributed by atoms with van der Waals surface area (Å²) in [4.78, 5) is 24.4. The van der Waals surface area contributed by atoms with Gasteiger partial charge in [-0.05, 0) is 26.0 Å². The van der Waals surface area contributed by atoms with Crippen molar-refractivity contribution in [3.63, 3.8) is 0 Å². The minimum Gasteiger partial charge on any atom is -0.460 e. The summed E-state index contributed by atoms with van der Waals surface area (Å²) < 4.78 is 12.0. The van der Waals surface area contributed by atoms with Gasteiger partial charge in [0.05, 0.1) is 17.5 Å². The number of carbonyl (C=O) groups excluding carboxylic acids is 2. The lowest BCUT2D eigenvalue weighted by atomic mass is 10.0. The molecule has 4 rings (SSSR count). The predicted octanol–water partition coefficient (Wildman–Crippen LogP) is 6.20. The molecular weight excluding hydrogens is 364 g/mol. The van der Waals surface area contributed by atoms with E-state index in [1.54, 1.807) is 12.1 Å². The number of hydrogen-bond donors (Lipinski definition) is 0. The molecule has 0 saturated carbocycles. The molecule has 0 aliphatic heterocycles. The molecule has 144 valence electrons. The van der Waals surface area contributed by atoms with E-state index in [0.29, 0.717) is 34.2 Å². The van der Waals surface area contributed by atoms with Crippen LogP contribution in [0.5, 0.6) is 0 Å². The smallest absolute Gasteiger partial charge is 0.163 e. The van der Waals surface area contributed by atoms with Crippen LogP contribution in [0.15, 0.2) is 81.6 Å². The number of hydrogen-bond acceptors (Lipinski definition) is 4. The minimum atomic E-state index is -0.0925. The van der Waals surface area contributed by atoms with Crippen LogP contribution in [0.25, 0.3) is 22.6 Å². The van der Waals surface area contributed by atoms with Gasteiger partial charge in [0.2, 0.25) is 0 Å². The molecule has 29 heavy (non-hydrogen) atoms. The van der Waals surface area contributed by atoms with E-state index in [2.05, 4.69) is 0 Å². The molecule has 0 amide bonds. The van der Waals surface area contributed by atoms with Crippen molar-refractivity contribution in [3.05, 3.63) is 95.4 Å². The summed E-state index contributed by atoms with van der Waals surface area (Å²) in [5, 5.41) is 0. The van der Waals surface area contributed by atoms with Crippen molar-refractivity contribution >= 4 is 11.6 Å². The molecule has 0 unspecified atom stereocenters. The third-order valence-electron chi connectivity index (χ3n) is 4.81. The van der Waals surface area contributed by atoms with Gasteiger partial charge in [-0.1, -0.05) is 60.7 Å². The van der Waals surface area contributed by atoms with Crippen molar-refractivity contribution in [2.24, 2.45) is 0 Å². The first-order chi connectivity index (χ1) is 14.0. The Hall–Kier alpha value is -3.66. The van der Waals surface area contributed by atoms with Gasteiger partial charge in [0.1, 0.15) is 23.0 Å². The predicted molar refractivity (Wildman–Crippen MR) is 111 cm³/mol. The maximum Gasteiger partial charge on any atom is 0.163 e. The van der Waals surface area contributed by atoms with Crippen molar-refractivity contribution in [1.29, 1.82) is 0 Å². The largest absolute Gasteiger partial charge is 0.460 e. The Morgan fingerprint density at radius 1 is 0.655 bits per heavy atom. The van der Waals surface area contributed by atoms with Crippen molar-refractivity contribution in [2.75, 3.05) is 0 Å². The molecule has 0 aliphatic carbocycles. The zero-order valence-corrected chi connectivity index (χ0v) is 16.3. The first-order valence-corrected chi connectivity index (χ1v) is 9.41. The number of furan rings is 2. The highest BCUT2D eigenvalue weighted by Crippen LogP contribution is 2.31. The fourth-order valence-electron chi connectivity index (χ4n) is 3.35. The topological polar surface area (TPSA) is 60.4 Å². The van der Waals surface area contributed by atoms with E-state index < -0.39 is 0 Å². The fraction of sp³-hybridized carbons (Fsp3) is 0.120. The summed E-state index contributed by atoms with van der Waals surface area (Å²) >= 11 is 0. The van der Waals surface area contributed by atoms with E-state index in [9.17, 15) is 9.59 Å². The molecule has 4 aromatic rings. The van der Waals surface area contributed by atoms with Crippen LogP contribution in [0, 0.1) is 0 Å². The molecule has 0 bridgehead atoms. The van der Waals surface area contributed by atoms with E-state index in [0.717, 1.165) is 11.1 Å². The van der Waals surface area contributed by atoms with E-state index >= 15 is 0 Å². The van der Waals surface area contributed by atoms with Crippen molar-refractivity contribution in [2.45, 2.75) is 20.3 Å². The lowest BCUT2D eigenvalue weighted by Crippen LogP contribution is -2.00. The molecule has 0 fully saturated rings. The molecule has 2 aromatic heterocycles. The zero-order valence-electron chi connectivity index (χ0n) is 16.3. The molecule has 4 nitrogen and oxygen atoms in total. The lowest BCUT2D eigenvalue weighted by molar-refractivity contribution is 0.100. The Bertz CT molecular complexity index is 1070. The molecule has 2 heterocycles. The Balaban J connectivity index is 1.76. The Labute approximate surface area is 168 Å². The summed E-state index contributed by atoms with van der Waals surface area (Å²) in [5.74, 6) is 2.03. The maximum atomic E-state index is 12.2. The number of benzene rings is 2. The van der Waals surface area contributed by atoms with Crippen LogP contribution in [-0.2, 0) is 6.42 Å². The molecule has 0 aliphatic rings. The van der Waals surface area contributed by atoms with E-state index in [-0.39, 0.29) is 18.0 Å². The van der Waals surface area contributed by atoms with Crippen LogP contribution in [0.4, 0.5) is 0 Å². The van der Waals surface area contributed by atoms with Crippen LogP contribution in [0.3, 0.4) is 0 Å². The quantitative estimate of drug-likeness (QED) is 0.371. The number of Topliss-reactive ketones (excluding diaryl/α,β-unsaturated/α-hetero) is 2. The van der Waals surface area contributed by atoms with Crippen molar-refractivity contribution in [1.82, 2.24) is 0 Å². The second kappa shape index (κ2) is 7.76. The third-order valence-corrected chi connectivity index (χ3v) is 4.81. The first kappa shape index (κ1) is 18.7. The third kappa shape index (κ3) is 3.83. The Morgan fingerprint density at radius 2 is 1.03 bits per heavy atom. The normalized spacial score (nSPS) is 10.8. The monoisotopic (exact) mass is 384 g/mol. The van der Waals surface area contributed by atoms with Gasteiger partial charge in [0, 0.05) is 11.1 Å². The fourth-order valence-corrected chi connectivity index (χ4v) is 3.35. The van der Waals surface area contributed by atoms with Gasteiger partial charge in [-0.3, -0.25) is 9.59 Å². The van der Waals surface area contributed by atoms with Crippen molar-refractivity contribution in [3.8, 4) is 22.6 Å². The molecule has 0 atom stereocenters. The standard InChI is InChI=1S/C25H20O4/c1-16(26)20-13-22(18-9-5-3-6-10-18)28-24(20)15-25-21(17(2)27)14-23(29-25)19-11-7-4-8-12-19/h3-14H,15H2,1-2H3. The molecule has 2 aromatic carbocycles. The van der Waals surface area contributed by atoms with Crippen LogP contribution in [0.2, 0.25) is 0 Å². The van der Waals surface area contributed by atoms with E-state index in [1.165, 1.54) is 13.8 Å². The average Bonchev–Trinajstić information content (AvgIpc) is 3.34. The van der Waals surface area contributed by atoms with Gasteiger partial charge < -0.3 is 8.83 Å². The van der Waals surface area contributed by atoms with Crippen LogP contribution in [0.1, 0.15) is 46.1 Å². The summed E-state index contributed by atoms with van der Waals surface area (Å²) in [6, 6.07) is 22.7. The molecule has 0 saturated heterocycles. The highest BCUT2D eigenvalue weighted by atomic mass is 16.4. The van der Waals surface area contributed by atoms with E-state index in [4.69, 9.17) is 8.83 Å². The molecular formula is C25H20O4. The van der Waals surface area contributed by atoms with Gasteiger partial charge in [0.15, 0.2) is 11.6 Å². The highest BCUT2D eigenvalue weighted by Gasteiger charge is 2.22. The molecule has 0 N–H and O–H groups in total. The van der Waals surface area contributed by atoms with Gasteiger partial charge in [-0.15, -0.1) is 0 Å². The molecule has 0 radical (unpaired) electrons. The summed E-state index contributed by atoms with van der Waals surface area (Å²) in [5.41, 5.74) is 2.77. The van der Waals surface area contributed by atoms with Crippen molar-refractivity contribution < 1.29 is 18.4 Å². The lowest BCUT2D eigenvalue weighted by Gasteiger charge is -2.01. The summed E-state index contributed by atoms with van der Waals surface area (Å²) in [6.07, 6.45) is 0.226. The zero-order chi connectivity index (χ0) is 20.4. The van der Waals surface area contributed by atoms with E-state index in [1.807, 2.05) is 60.7 Å². The second-order valence-corrected chi connectivity index (χ2v) is 6.92. The summed E-state index contributed by atoms with van der Waals surface area (Å²) in [7, 11) is 0. The first-order valence-electron chi connectivity index (χ1n) is 9.41. The Morgan fingerprint density at radius 3 is 1.38 bits per heavy atom. The number of carbonyl (C=O) groups is 2. The van der Waals surface area contributed by atoms with Gasteiger partial charge in [-0.25, -0.2) is 0 Å². The van der Waals surface area contributed by atoms with Gasteiger partial charge in [0.25, 0.3) is 0 Å². The van der Waals surface area contributed by atoms with Crippen LogP contribution >= 0.6 is 0 Å². The molecule has 0 spiro atoms. The SMILES string of the molecule is CC(=O)c1cc(-c2ccccc2)oc1Cc1oc(-c2ccccc2)cc1C(C)=O. The number of ketones is 2. The van der Waals surface area contributed by atoms with Gasteiger partial charge in [-0.2, -0.15) is 0 Å². The second-order valence-electron chi connectivity index (χ2n) is 6.92. The number of rotatable bonds is 6. The van der Waals surface area contributed by atoms with Gasteiger partial charge >= 0.3 is 0 Å². The maximum absolute atomic E-state index is 12.2. The van der Waals surface area contributed by atoms with Crippen LogP contribution < -0.4 is 0 Å². The average molecular weight is 384 g/mol. The Kier molecular flexibility index (Phi) is 5.00.